The molecule has 2 rings (SSSR count). The fourth-order valence-corrected chi connectivity index (χ4v) is 2.45. The summed E-state index contributed by atoms with van der Waals surface area (Å²) in [5.41, 5.74) is -2.44. The van der Waals surface area contributed by atoms with Gasteiger partial charge in [-0.15, -0.1) is 0 Å². The molecule has 10 heteroatoms. The van der Waals surface area contributed by atoms with E-state index in [9.17, 15) is 31.1 Å². The second-order valence-electron chi connectivity index (χ2n) is 5.18. The molecule has 1 aliphatic rings. The summed E-state index contributed by atoms with van der Waals surface area (Å²) in [5, 5.41) is 8.73. The molecule has 130 valence electrons. The molecule has 0 aromatic heterocycles. The van der Waals surface area contributed by atoms with Crippen LogP contribution in [0.25, 0.3) is 0 Å². The van der Waals surface area contributed by atoms with Gasteiger partial charge in [0.15, 0.2) is 0 Å². The first-order valence-corrected chi connectivity index (χ1v) is 6.62. The monoisotopic (exact) mass is 352 g/mol. The van der Waals surface area contributed by atoms with Crippen LogP contribution in [-0.2, 0) is 10.9 Å². The van der Waals surface area contributed by atoms with E-state index in [4.69, 9.17) is 10.00 Å². The van der Waals surface area contributed by atoms with Gasteiger partial charge in [0.1, 0.15) is 6.10 Å². The van der Waals surface area contributed by atoms with Gasteiger partial charge >= 0.3 is 18.4 Å². The Morgan fingerprint density at radius 3 is 2.38 bits per heavy atom. The Hall–Kier alpha value is -2.44. The number of amides is 1. The number of carbonyl (C=O) groups excluding carboxylic acids is 1. The van der Waals surface area contributed by atoms with E-state index in [1.807, 2.05) is 0 Å². The van der Waals surface area contributed by atoms with Crippen molar-refractivity contribution in [2.45, 2.75) is 37.8 Å². The van der Waals surface area contributed by atoms with Crippen molar-refractivity contribution in [3.63, 3.8) is 0 Å². The number of hydrogen-bond donors (Lipinski definition) is 0. The summed E-state index contributed by atoms with van der Waals surface area (Å²) in [6.45, 7) is 1.22. The lowest BCUT2D eigenvalue weighted by Crippen LogP contribution is -2.39. The van der Waals surface area contributed by atoms with Crippen molar-refractivity contribution in [1.29, 1.82) is 5.26 Å². The van der Waals surface area contributed by atoms with Crippen LogP contribution in [0.15, 0.2) is 18.2 Å². The summed E-state index contributed by atoms with van der Waals surface area (Å²) in [4.78, 5) is 12.3. The predicted octanol–water partition coefficient (Wildman–Crippen LogP) is 4.24. The molecule has 4 nitrogen and oxygen atoms in total. The Morgan fingerprint density at radius 1 is 1.25 bits per heavy atom. The summed E-state index contributed by atoms with van der Waals surface area (Å²) in [6, 6.07) is 2.12. The van der Waals surface area contributed by atoms with Crippen molar-refractivity contribution >= 4 is 11.8 Å². The second-order valence-corrected chi connectivity index (χ2v) is 5.18. The van der Waals surface area contributed by atoms with E-state index in [-0.39, 0.29) is 0 Å². The molecule has 1 aliphatic heterocycles. The van der Waals surface area contributed by atoms with Crippen molar-refractivity contribution in [3.8, 4) is 6.07 Å². The van der Waals surface area contributed by atoms with Crippen LogP contribution in [0.1, 0.15) is 24.5 Å². The summed E-state index contributed by atoms with van der Waals surface area (Å²) >= 11 is 0. The molecule has 1 saturated heterocycles. The molecule has 0 spiro atoms. The number of benzene rings is 1. The van der Waals surface area contributed by atoms with Gasteiger partial charge < -0.3 is 4.74 Å². The van der Waals surface area contributed by atoms with Gasteiger partial charge in [-0.1, -0.05) is 0 Å². The first-order chi connectivity index (χ1) is 10.9. The van der Waals surface area contributed by atoms with Crippen LogP contribution in [-0.4, -0.2) is 24.4 Å². The largest absolute Gasteiger partial charge is 0.444 e. The first-order valence-electron chi connectivity index (χ1n) is 6.62. The van der Waals surface area contributed by atoms with Crippen LogP contribution in [0.2, 0.25) is 0 Å². The van der Waals surface area contributed by atoms with E-state index in [0.29, 0.717) is 11.0 Å². The average molecular weight is 352 g/mol. The molecule has 1 aromatic rings. The summed E-state index contributed by atoms with van der Waals surface area (Å²) in [6.07, 6.45) is -13.3. The number of ether oxygens (including phenoxy) is 1. The highest BCUT2D eigenvalue weighted by atomic mass is 19.4. The number of carbonyl (C=O) groups is 1. The Bertz CT molecular complexity index is 692. The molecule has 0 aliphatic carbocycles. The van der Waals surface area contributed by atoms with Crippen molar-refractivity contribution in [3.05, 3.63) is 29.3 Å². The molecular weight excluding hydrogens is 342 g/mol. The first kappa shape index (κ1) is 17.9. The predicted molar refractivity (Wildman–Crippen MR) is 69.0 cm³/mol. The fourth-order valence-electron chi connectivity index (χ4n) is 2.45. The summed E-state index contributed by atoms with van der Waals surface area (Å²) < 4.78 is 81.6. The third-order valence-corrected chi connectivity index (χ3v) is 3.50. The molecule has 1 heterocycles. The van der Waals surface area contributed by atoms with Gasteiger partial charge in [-0.3, -0.25) is 4.90 Å². The summed E-state index contributed by atoms with van der Waals surface area (Å²) in [7, 11) is 0. The quantitative estimate of drug-likeness (QED) is 0.748. The molecule has 0 radical (unpaired) electrons. The number of hydrogen-bond acceptors (Lipinski definition) is 3. The van der Waals surface area contributed by atoms with E-state index >= 15 is 0 Å². The zero-order valence-corrected chi connectivity index (χ0v) is 12.1. The highest BCUT2D eigenvalue weighted by Crippen LogP contribution is 2.38. The van der Waals surface area contributed by atoms with Crippen molar-refractivity contribution in [2.24, 2.45) is 0 Å². The highest BCUT2D eigenvalue weighted by molar-refractivity contribution is 5.91. The Morgan fingerprint density at radius 2 is 1.88 bits per heavy atom. The smallest absolute Gasteiger partial charge is 0.417 e. The van der Waals surface area contributed by atoms with Crippen LogP contribution in [0.3, 0.4) is 0 Å². The maximum atomic E-state index is 13.0. The number of cyclic esters (lactones) is 1. The van der Waals surface area contributed by atoms with Crippen molar-refractivity contribution < 1.29 is 35.9 Å². The molecule has 1 fully saturated rings. The normalized spacial score (nSPS) is 21.6. The number of rotatable bonds is 2. The number of alkyl halides is 6. The number of nitrogens with zero attached hydrogens (tertiary/aromatic N) is 2. The van der Waals surface area contributed by atoms with Gasteiger partial charge in [0.05, 0.1) is 29.7 Å². The van der Waals surface area contributed by atoms with Gasteiger partial charge in [0.2, 0.25) is 0 Å². The number of halogens is 6. The third kappa shape index (κ3) is 3.55. The third-order valence-electron chi connectivity index (χ3n) is 3.50. The minimum atomic E-state index is -4.89. The van der Waals surface area contributed by atoms with E-state index in [1.54, 1.807) is 0 Å². The molecule has 2 atom stereocenters. The molecule has 0 N–H and O–H groups in total. The topological polar surface area (TPSA) is 53.3 Å². The van der Waals surface area contributed by atoms with E-state index in [0.717, 1.165) is 12.1 Å². The van der Waals surface area contributed by atoms with Crippen LogP contribution in [0, 0.1) is 11.3 Å². The van der Waals surface area contributed by atoms with Crippen LogP contribution < -0.4 is 4.90 Å². The maximum absolute atomic E-state index is 13.0. The maximum Gasteiger partial charge on any atom is 0.417 e. The molecule has 0 saturated carbocycles. The molecule has 2 unspecified atom stereocenters. The Balaban J connectivity index is 2.49. The molecule has 24 heavy (non-hydrogen) atoms. The van der Waals surface area contributed by atoms with Crippen LogP contribution in [0.5, 0.6) is 0 Å². The van der Waals surface area contributed by atoms with Gasteiger partial charge in [-0.25, -0.2) is 4.79 Å². The minimum Gasteiger partial charge on any atom is -0.444 e. The lowest BCUT2D eigenvalue weighted by Gasteiger charge is -2.25. The SMILES string of the molecule is CC1OC(=O)N(c2ccc(C#N)c(C(F)(F)F)c2)C1CC(F)(F)F. The van der Waals surface area contributed by atoms with Gasteiger partial charge in [-0.2, -0.15) is 31.6 Å². The molecule has 1 amide bonds. The van der Waals surface area contributed by atoms with E-state index < -0.39 is 53.8 Å². The standard InChI is InChI=1S/C14H10F6N2O2/c1-7-11(5-13(15,16)17)22(12(23)24-7)9-3-2-8(6-21)10(4-9)14(18,19)20/h2-4,7,11H,5H2,1H3. The Labute approximate surface area is 132 Å². The zero-order valence-electron chi connectivity index (χ0n) is 12.1. The molecular formula is C14H10F6N2O2. The van der Waals surface area contributed by atoms with Gasteiger partial charge in [0.25, 0.3) is 0 Å². The molecule has 1 aromatic carbocycles. The molecule has 0 bridgehead atoms. The van der Waals surface area contributed by atoms with Gasteiger partial charge in [0, 0.05) is 5.69 Å². The van der Waals surface area contributed by atoms with Crippen molar-refractivity contribution in [2.75, 3.05) is 4.90 Å². The minimum absolute atomic E-state index is 0.412. The number of nitriles is 1. The number of anilines is 1. The lowest BCUT2D eigenvalue weighted by molar-refractivity contribution is -0.140. The van der Waals surface area contributed by atoms with E-state index in [1.165, 1.54) is 13.0 Å². The highest BCUT2D eigenvalue weighted by Gasteiger charge is 2.47. The summed E-state index contributed by atoms with van der Waals surface area (Å²) in [5.74, 6) is 0. The lowest BCUT2D eigenvalue weighted by atomic mass is 10.0. The average Bonchev–Trinajstić information content (AvgIpc) is 2.70. The zero-order chi connectivity index (χ0) is 18.3. The van der Waals surface area contributed by atoms with Crippen molar-refractivity contribution in [1.82, 2.24) is 0 Å². The van der Waals surface area contributed by atoms with Crippen LogP contribution in [0.4, 0.5) is 36.8 Å². The van der Waals surface area contributed by atoms with Gasteiger partial charge in [-0.05, 0) is 25.1 Å². The van der Waals surface area contributed by atoms with Crippen LogP contribution >= 0.6 is 0 Å². The Kier molecular flexibility index (Phi) is 4.39. The van der Waals surface area contributed by atoms with E-state index in [2.05, 4.69) is 0 Å². The fraction of sp³-hybridized carbons (Fsp3) is 0.429. The second kappa shape index (κ2) is 5.89.